The molecule has 2 heterocycles. The summed E-state index contributed by atoms with van der Waals surface area (Å²) in [6.45, 7) is 0. The number of para-hydroxylation sites is 2. The van der Waals surface area contributed by atoms with Gasteiger partial charge in [-0.2, -0.15) is 0 Å². The highest BCUT2D eigenvalue weighted by molar-refractivity contribution is 5.75. The first-order chi connectivity index (χ1) is 8.74. The number of aromatic nitrogens is 3. The van der Waals surface area contributed by atoms with E-state index in [1.807, 2.05) is 24.3 Å². The first-order valence-electron chi connectivity index (χ1n) is 5.35. The molecule has 0 atom stereocenters. The van der Waals surface area contributed by atoms with Crippen LogP contribution < -0.4 is 4.57 Å². The second kappa shape index (κ2) is 3.92. The summed E-state index contributed by atoms with van der Waals surface area (Å²) in [5.41, 5.74) is 1.85. The Kier molecular flexibility index (Phi) is 2.26. The van der Waals surface area contributed by atoms with Crippen LogP contribution in [0.1, 0.15) is 0 Å². The minimum absolute atomic E-state index is 0.0577. The van der Waals surface area contributed by atoms with Gasteiger partial charge in [0.05, 0.1) is 17.3 Å². The third-order valence-corrected chi connectivity index (χ3v) is 2.64. The summed E-state index contributed by atoms with van der Waals surface area (Å²) >= 11 is 0. The zero-order chi connectivity index (χ0) is 12.5. The molecule has 0 aliphatic rings. The topological polar surface area (TPSA) is 75.7 Å². The van der Waals surface area contributed by atoms with Crippen molar-refractivity contribution in [3.63, 3.8) is 0 Å². The molecule has 1 aromatic carbocycles. The summed E-state index contributed by atoms with van der Waals surface area (Å²) in [5, 5.41) is 10.6. The molecule has 18 heavy (non-hydrogen) atoms. The average molecular weight is 241 g/mol. The highest BCUT2D eigenvalue weighted by Crippen LogP contribution is 2.11. The Balaban J connectivity index is 2.06. The maximum absolute atomic E-state index is 10.6. The smallest absolute Gasteiger partial charge is 0.258 e. The van der Waals surface area contributed by atoms with Crippen LogP contribution in [0.15, 0.2) is 48.8 Å². The molecule has 0 spiro atoms. The third kappa shape index (κ3) is 1.69. The first-order valence-corrected chi connectivity index (χ1v) is 5.35. The molecule has 0 fully saturated rings. The number of hydrogen-bond donors (Lipinski definition) is 1. The van der Waals surface area contributed by atoms with Gasteiger partial charge in [-0.25, -0.2) is 9.55 Å². The number of nitrogens with zero attached hydrogens (tertiary/aromatic N) is 3. The molecule has 0 unspecified atom stereocenters. The van der Waals surface area contributed by atoms with Crippen molar-refractivity contribution in [2.45, 2.75) is 0 Å². The highest BCUT2D eigenvalue weighted by Gasteiger charge is 2.14. The molecule has 0 saturated carbocycles. The van der Waals surface area contributed by atoms with Crippen molar-refractivity contribution in [1.82, 2.24) is 9.97 Å². The predicted molar refractivity (Wildman–Crippen MR) is 64.3 cm³/mol. The van der Waals surface area contributed by atoms with Crippen LogP contribution in [-0.2, 0) is 0 Å². The van der Waals surface area contributed by atoms with E-state index in [2.05, 4.69) is 9.97 Å². The molecule has 3 aromatic rings. The van der Waals surface area contributed by atoms with Gasteiger partial charge in [0.2, 0.25) is 0 Å². The lowest BCUT2D eigenvalue weighted by Crippen LogP contribution is -2.30. The molecular formula is C12H9N4O2+. The van der Waals surface area contributed by atoms with E-state index >= 15 is 0 Å². The normalized spacial score (nSPS) is 10.7. The van der Waals surface area contributed by atoms with Gasteiger partial charge >= 0.3 is 5.95 Å². The van der Waals surface area contributed by atoms with Crippen molar-refractivity contribution in [1.29, 1.82) is 0 Å². The van der Waals surface area contributed by atoms with Gasteiger partial charge in [0.1, 0.15) is 5.52 Å². The Morgan fingerprint density at radius 2 is 1.89 bits per heavy atom. The zero-order valence-electron chi connectivity index (χ0n) is 9.28. The lowest BCUT2D eigenvalue weighted by atomic mass is 10.3. The molecule has 0 amide bonds. The molecule has 1 N–H and O–H groups in total. The molecule has 6 heteroatoms. The molecule has 0 aliphatic heterocycles. The van der Waals surface area contributed by atoms with Crippen LogP contribution in [0.2, 0.25) is 0 Å². The number of rotatable bonds is 2. The number of nitro groups is 1. The average Bonchev–Trinajstić information content (AvgIpc) is 2.82. The van der Waals surface area contributed by atoms with Gasteiger partial charge in [-0.15, -0.1) is 0 Å². The number of nitrogens with one attached hydrogen (secondary N) is 1. The van der Waals surface area contributed by atoms with E-state index < -0.39 is 4.92 Å². The minimum Gasteiger partial charge on any atom is -0.258 e. The van der Waals surface area contributed by atoms with Crippen molar-refractivity contribution in [2.24, 2.45) is 0 Å². The molecular weight excluding hydrogens is 232 g/mol. The van der Waals surface area contributed by atoms with Gasteiger partial charge < -0.3 is 0 Å². The summed E-state index contributed by atoms with van der Waals surface area (Å²) in [6, 6.07) is 10.5. The van der Waals surface area contributed by atoms with Gasteiger partial charge in [0, 0.05) is 12.1 Å². The fourth-order valence-corrected chi connectivity index (χ4v) is 1.74. The van der Waals surface area contributed by atoms with Crippen molar-refractivity contribution < 1.29 is 9.49 Å². The van der Waals surface area contributed by atoms with Gasteiger partial charge in [-0.3, -0.25) is 10.1 Å². The van der Waals surface area contributed by atoms with Crippen molar-refractivity contribution in [2.75, 3.05) is 0 Å². The number of pyridine rings is 1. The van der Waals surface area contributed by atoms with Gasteiger partial charge in [0.15, 0.2) is 5.52 Å². The van der Waals surface area contributed by atoms with Crippen LogP contribution in [-0.4, -0.2) is 14.9 Å². The Morgan fingerprint density at radius 3 is 2.56 bits per heavy atom. The predicted octanol–water partition coefficient (Wildman–Crippen LogP) is 1.75. The summed E-state index contributed by atoms with van der Waals surface area (Å²) in [7, 11) is 0. The van der Waals surface area contributed by atoms with E-state index in [9.17, 15) is 10.1 Å². The number of fused-ring (bicyclic) bond motifs is 1. The van der Waals surface area contributed by atoms with Gasteiger partial charge in [0.25, 0.3) is 5.69 Å². The SMILES string of the molecule is O=[N+]([O-])c1cc[n+](-c2nc3ccccc3[nH]2)cc1. The monoisotopic (exact) mass is 241 g/mol. The number of benzene rings is 1. The maximum atomic E-state index is 10.6. The molecule has 88 valence electrons. The fraction of sp³-hybridized carbons (Fsp3) is 0. The van der Waals surface area contributed by atoms with Crippen LogP contribution in [0.4, 0.5) is 5.69 Å². The summed E-state index contributed by atoms with van der Waals surface area (Å²) in [5.74, 6) is 0.631. The van der Waals surface area contributed by atoms with E-state index in [0.717, 1.165) is 11.0 Å². The minimum atomic E-state index is -0.428. The van der Waals surface area contributed by atoms with Crippen LogP contribution >= 0.6 is 0 Å². The van der Waals surface area contributed by atoms with Crippen molar-refractivity contribution in [3.05, 3.63) is 58.9 Å². The van der Waals surface area contributed by atoms with E-state index in [1.54, 1.807) is 17.0 Å². The molecule has 3 rings (SSSR count). The summed E-state index contributed by atoms with van der Waals surface area (Å²) in [6.07, 6.45) is 3.21. The number of hydrogen-bond acceptors (Lipinski definition) is 3. The molecule has 6 nitrogen and oxygen atoms in total. The van der Waals surface area contributed by atoms with Gasteiger partial charge in [-0.1, -0.05) is 17.1 Å². The van der Waals surface area contributed by atoms with E-state index in [1.165, 1.54) is 12.1 Å². The van der Waals surface area contributed by atoms with Crippen LogP contribution in [0.3, 0.4) is 0 Å². The second-order valence-electron chi connectivity index (χ2n) is 3.80. The molecule has 0 saturated heterocycles. The third-order valence-electron chi connectivity index (χ3n) is 2.64. The fourth-order valence-electron chi connectivity index (χ4n) is 1.74. The summed E-state index contributed by atoms with van der Waals surface area (Å²) < 4.78 is 1.70. The summed E-state index contributed by atoms with van der Waals surface area (Å²) in [4.78, 5) is 17.7. The van der Waals surface area contributed by atoms with Gasteiger partial charge in [-0.05, 0) is 12.1 Å². The van der Waals surface area contributed by atoms with E-state index in [-0.39, 0.29) is 5.69 Å². The number of imidazole rings is 1. The Morgan fingerprint density at radius 1 is 1.17 bits per heavy atom. The Bertz CT molecular complexity index is 685. The standard InChI is InChI=1S/C12H9N4O2/c17-16(18)9-5-7-15(8-6-9)12-13-10-3-1-2-4-11(10)14-12/h1-8H,(H,13,14)/q+1. The first kappa shape index (κ1) is 10.4. The highest BCUT2D eigenvalue weighted by atomic mass is 16.6. The van der Waals surface area contributed by atoms with Crippen molar-refractivity contribution in [3.8, 4) is 5.95 Å². The molecule has 2 aromatic heterocycles. The van der Waals surface area contributed by atoms with E-state index in [4.69, 9.17) is 0 Å². The van der Waals surface area contributed by atoms with E-state index in [0.29, 0.717) is 5.95 Å². The Labute approximate surface area is 102 Å². The van der Waals surface area contributed by atoms with Crippen LogP contribution in [0, 0.1) is 10.1 Å². The second-order valence-corrected chi connectivity index (χ2v) is 3.80. The van der Waals surface area contributed by atoms with Crippen LogP contribution in [0.5, 0.6) is 0 Å². The maximum Gasteiger partial charge on any atom is 0.401 e. The number of H-pyrrole nitrogens is 1. The zero-order valence-corrected chi connectivity index (χ0v) is 9.28. The molecule has 0 radical (unpaired) electrons. The largest absolute Gasteiger partial charge is 0.401 e. The molecule has 0 aliphatic carbocycles. The lowest BCUT2D eigenvalue weighted by Gasteiger charge is -1.93. The quantitative estimate of drug-likeness (QED) is 0.422. The number of aromatic amines is 1. The lowest BCUT2D eigenvalue weighted by molar-refractivity contribution is -0.603. The molecule has 0 bridgehead atoms. The Hall–Kier alpha value is -2.76. The van der Waals surface area contributed by atoms with Crippen molar-refractivity contribution >= 4 is 16.7 Å². The van der Waals surface area contributed by atoms with Crippen LogP contribution in [0.25, 0.3) is 17.0 Å².